The van der Waals surface area contributed by atoms with Gasteiger partial charge in [-0.05, 0) is 42.5 Å². The average Bonchev–Trinajstić information content (AvgIpc) is 2.63. The fraction of sp³-hybridized carbons (Fsp3) is 0.692. The maximum Gasteiger partial charge on any atom is 0.0389 e. The third kappa shape index (κ3) is 4.89. The molecular formula is C13H23NS2. The van der Waals surface area contributed by atoms with Crippen LogP contribution in [0.15, 0.2) is 11.4 Å². The Morgan fingerprint density at radius 3 is 2.69 bits per heavy atom. The van der Waals surface area contributed by atoms with E-state index in [9.17, 15) is 0 Å². The van der Waals surface area contributed by atoms with Crippen molar-refractivity contribution in [2.45, 2.75) is 33.7 Å². The summed E-state index contributed by atoms with van der Waals surface area (Å²) in [5.74, 6) is 3.29. The molecule has 0 spiro atoms. The number of rotatable bonds is 7. The van der Waals surface area contributed by atoms with Crippen LogP contribution in [0.5, 0.6) is 0 Å². The molecule has 1 N–H and O–H groups in total. The Hall–Kier alpha value is 0.01000. The fourth-order valence-electron chi connectivity index (χ4n) is 1.59. The van der Waals surface area contributed by atoms with Crippen LogP contribution in [0.25, 0.3) is 0 Å². The van der Waals surface area contributed by atoms with Crippen LogP contribution < -0.4 is 5.32 Å². The molecule has 0 saturated heterocycles. The maximum atomic E-state index is 3.59. The summed E-state index contributed by atoms with van der Waals surface area (Å²) < 4.78 is 0. The molecule has 0 aliphatic carbocycles. The highest BCUT2D eigenvalue weighted by Crippen LogP contribution is 2.23. The molecule has 1 atom stereocenters. The Morgan fingerprint density at radius 2 is 2.12 bits per heavy atom. The van der Waals surface area contributed by atoms with E-state index in [0.29, 0.717) is 6.04 Å². The zero-order valence-electron chi connectivity index (χ0n) is 10.7. The Labute approximate surface area is 108 Å². The SMILES string of the molecule is Cc1ccsc1C(C)NCCSCC(C)C. The Bertz CT molecular complexity index is 294. The summed E-state index contributed by atoms with van der Waals surface area (Å²) in [4.78, 5) is 1.48. The highest BCUT2D eigenvalue weighted by molar-refractivity contribution is 7.99. The monoisotopic (exact) mass is 257 g/mol. The second-order valence-corrected chi connectivity index (χ2v) is 6.71. The molecule has 0 radical (unpaired) electrons. The van der Waals surface area contributed by atoms with Crippen molar-refractivity contribution >= 4 is 23.1 Å². The van der Waals surface area contributed by atoms with E-state index in [-0.39, 0.29) is 0 Å². The van der Waals surface area contributed by atoms with E-state index in [2.05, 4.69) is 44.5 Å². The molecule has 0 aliphatic rings. The van der Waals surface area contributed by atoms with Crippen molar-refractivity contribution in [2.75, 3.05) is 18.1 Å². The second kappa shape index (κ2) is 7.36. The topological polar surface area (TPSA) is 12.0 Å². The largest absolute Gasteiger partial charge is 0.309 e. The quantitative estimate of drug-likeness (QED) is 0.738. The van der Waals surface area contributed by atoms with Crippen LogP contribution in [0.3, 0.4) is 0 Å². The second-order valence-electron chi connectivity index (χ2n) is 4.61. The minimum absolute atomic E-state index is 0.500. The molecule has 1 aromatic rings. The number of thioether (sulfide) groups is 1. The van der Waals surface area contributed by atoms with E-state index in [1.54, 1.807) is 0 Å². The molecule has 0 amide bonds. The average molecular weight is 257 g/mol. The van der Waals surface area contributed by atoms with Crippen molar-refractivity contribution in [2.24, 2.45) is 5.92 Å². The first kappa shape index (κ1) is 14.1. The normalized spacial score (nSPS) is 13.3. The molecule has 3 heteroatoms. The molecule has 92 valence electrons. The van der Waals surface area contributed by atoms with Crippen molar-refractivity contribution in [3.63, 3.8) is 0 Å². The van der Waals surface area contributed by atoms with Gasteiger partial charge in [0.05, 0.1) is 0 Å². The molecule has 0 saturated carbocycles. The van der Waals surface area contributed by atoms with Gasteiger partial charge in [0.25, 0.3) is 0 Å². The first-order chi connectivity index (χ1) is 7.61. The molecule has 0 bridgehead atoms. The summed E-state index contributed by atoms with van der Waals surface area (Å²) in [6, 6.07) is 2.70. The molecule has 1 rings (SSSR count). The molecule has 1 nitrogen and oxygen atoms in total. The molecular weight excluding hydrogens is 234 g/mol. The highest BCUT2D eigenvalue weighted by atomic mass is 32.2. The smallest absolute Gasteiger partial charge is 0.0389 e. The van der Waals surface area contributed by atoms with Crippen molar-refractivity contribution in [3.05, 3.63) is 21.9 Å². The number of hydrogen-bond acceptors (Lipinski definition) is 3. The summed E-state index contributed by atoms with van der Waals surface area (Å²) in [6.45, 7) is 10.1. The van der Waals surface area contributed by atoms with Gasteiger partial charge in [0.2, 0.25) is 0 Å². The zero-order valence-corrected chi connectivity index (χ0v) is 12.4. The van der Waals surface area contributed by atoms with Gasteiger partial charge in [-0.15, -0.1) is 11.3 Å². The lowest BCUT2D eigenvalue weighted by atomic mass is 10.2. The van der Waals surface area contributed by atoms with Gasteiger partial charge in [-0.3, -0.25) is 0 Å². The lowest BCUT2D eigenvalue weighted by Crippen LogP contribution is -2.21. The van der Waals surface area contributed by atoms with Crippen LogP contribution >= 0.6 is 23.1 Å². The van der Waals surface area contributed by atoms with Gasteiger partial charge >= 0.3 is 0 Å². The van der Waals surface area contributed by atoms with Crippen molar-refractivity contribution in [1.82, 2.24) is 5.32 Å². The standard InChI is InChI=1S/C13H23NS2/c1-10(2)9-15-8-6-14-12(4)13-11(3)5-7-16-13/h5,7,10,12,14H,6,8-9H2,1-4H3. The lowest BCUT2D eigenvalue weighted by Gasteiger charge is -2.13. The van der Waals surface area contributed by atoms with Gasteiger partial charge in [0.1, 0.15) is 0 Å². The maximum absolute atomic E-state index is 3.59. The van der Waals surface area contributed by atoms with Gasteiger partial charge < -0.3 is 5.32 Å². The number of thiophene rings is 1. The fourth-order valence-corrected chi connectivity index (χ4v) is 3.45. The van der Waals surface area contributed by atoms with Crippen molar-refractivity contribution in [1.29, 1.82) is 0 Å². The van der Waals surface area contributed by atoms with E-state index in [1.807, 2.05) is 23.1 Å². The lowest BCUT2D eigenvalue weighted by molar-refractivity contribution is 0.607. The van der Waals surface area contributed by atoms with Crippen molar-refractivity contribution < 1.29 is 0 Å². The van der Waals surface area contributed by atoms with E-state index < -0.39 is 0 Å². The Morgan fingerprint density at radius 1 is 1.38 bits per heavy atom. The van der Waals surface area contributed by atoms with Crippen LogP contribution in [0, 0.1) is 12.8 Å². The van der Waals surface area contributed by atoms with Gasteiger partial charge in [-0.25, -0.2) is 0 Å². The van der Waals surface area contributed by atoms with Crippen LogP contribution in [0.4, 0.5) is 0 Å². The first-order valence-electron chi connectivity index (χ1n) is 5.96. The highest BCUT2D eigenvalue weighted by Gasteiger charge is 2.08. The molecule has 1 unspecified atom stereocenters. The van der Waals surface area contributed by atoms with Gasteiger partial charge in [-0.2, -0.15) is 11.8 Å². The summed E-state index contributed by atoms with van der Waals surface area (Å²) >= 11 is 3.90. The zero-order chi connectivity index (χ0) is 12.0. The van der Waals surface area contributed by atoms with E-state index in [4.69, 9.17) is 0 Å². The van der Waals surface area contributed by atoms with E-state index in [1.165, 1.54) is 21.9 Å². The third-order valence-corrected chi connectivity index (χ3v) is 5.04. The predicted octanol–water partition coefficient (Wildman–Crippen LogP) is 4.10. The minimum Gasteiger partial charge on any atom is -0.309 e. The van der Waals surface area contributed by atoms with E-state index in [0.717, 1.165) is 12.5 Å². The summed E-state index contributed by atoms with van der Waals surface area (Å²) in [5.41, 5.74) is 1.42. The number of aryl methyl sites for hydroxylation is 1. The Balaban J connectivity index is 2.16. The van der Waals surface area contributed by atoms with Crippen LogP contribution in [-0.4, -0.2) is 18.1 Å². The van der Waals surface area contributed by atoms with Gasteiger partial charge in [0.15, 0.2) is 0 Å². The molecule has 1 aromatic heterocycles. The van der Waals surface area contributed by atoms with Gasteiger partial charge in [0, 0.05) is 23.2 Å². The Kier molecular flexibility index (Phi) is 6.47. The molecule has 0 aromatic carbocycles. The molecule has 0 fully saturated rings. The van der Waals surface area contributed by atoms with Crippen LogP contribution in [0.2, 0.25) is 0 Å². The summed E-state index contributed by atoms with van der Waals surface area (Å²) in [7, 11) is 0. The van der Waals surface area contributed by atoms with Crippen molar-refractivity contribution in [3.8, 4) is 0 Å². The first-order valence-corrected chi connectivity index (χ1v) is 7.99. The predicted molar refractivity (Wildman–Crippen MR) is 77.6 cm³/mol. The third-order valence-electron chi connectivity index (χ3n) is 2.44. The van der Waals surface area contributed by atoms with Crippen LogP contribution in [-0.2, 0) is 0 Å². The molecule has 1 heterocycles. The number of nitrogens with one attached hydrogen (secondary N) is 1. The molecule has 0 aliphatic heterocycles. The summed E-state index contributed by atoms with van der Waals surface area (Å²) in [6.07, 6.45) is 0. The van der Waals surface area contributed by atoms with Crippen LogP contribution in [0.1, 0.15) is 37.3 Å². The van der Waals surface area contributed by atoms with E-state index >= 15 is 0 Å². The summed E-state index contributed by atoms with van der Waals surface area (Å²) in [5, 5.41) is 5.77. The van der Waals surface area contributed by atoms with Gasteiger partial charge in [-0.1, -0.05) is 13.8 Å². The molecule has 16 heavy (non-hydrogen) atoms. The number of hydrogen-bond donors (Lipinski definition) is 1. The minimum atomic E-state index is 0.500.